The molecule has 0 aliphatic heterocycles. The number of anilines is 1. The number of hydrogen-bond donors (Lipinski definition) is 1. The molecule has 20 heavy (non-hydrogen) atoms. The van der Waals surface area contributed by atoms with Crippen LogP contribution in [0.5, 0.6) is 0 Å². The number of halogens is 1. The highest BCUT2D eigenvalue weighted by atomic mass is 35.5. The number of pyridine rings is 1. The normalized spacial score (nSPS) is 14.2. The first-order valence-corrected chi connectivity index (χ1v) is 7.16. The van der Waals surface area contributed by atoms with Gasteiger partial charge in [0.2, 0.25) is 0 Å². The second-order valence-corrected chi connectivity index (χ2v) is 5.46. The molecule has 1 heterocycles. The first-order valence-electron chi connectivity index (χ1n) is 6.78. The van der Waals surface area contributed by atoms with E-state index in [9.17, 15) is 4.79 Å². The molecule has 2 rings (SSSR count). The maximum Gasteiger partial charge on any atom is 0.255 e. The predicted molar refractivity (Wildman–Crippen MR) is 79.3 cm³/mol. The Labute approximate surface area is 124 Å². The van der Waals surface area contributed by atoms with Crippen molar-refractivity contribution in [3.8, 4) is 0 Å². The van der Waals surface area contributed by atoms with Gasteiger partial charge in [0.05, 0.1) is 17.2 Å². The lowest BCUT2D eigenvalue weighted by molar-refractivity contribution is 0.0681. The Morgan fingerprint density at radius 3 is 2.95 bits per heavy atom. The SMILES string of the molecule is CNc1ncc(C(=O)N(C)CCOCC2CC2)cc1Cl. The molecule has 0 radical (unpaired) electrons. The van der Waals surface area contributed by atoms with E-state index in [1.807, 2.05) is 0 Å². The summed E-state index contributed by atoms with van der Waals surface area (Å²) in [6.07, 6.45) is 4.08. The number of nitrogens with zero attached hydrogens (tertiary/aromatic N) is 2. The van der Waals surface area contributed by atoms with Crippen LogP contribution in [-0.4, -0.2) is 49.6 Å². The Morgan fingerprint density at radius 2 is 2.35 bits per heavy atom. The maximum atomic E-state index is 12.2. The van der Waals surface area contributed by atoms with Crippen molar-refractivity contribution in [2.45, 2.75) is 12.8 Å². The molecular formula is C14H20ClN3O2. The first-order chi connectivity index (χ1) is 9.61. The molecule has 6 heteroatoms. The zero-order chi connectivity index (χ0) is 14.5. The van der Waals surface area contributed by atoms with Crippen LogP contribution in [0.15, 0.2) is 12.3 Å². The van der Waals surface area contributed by atoms with Crippen molar-refractivity contribution in [2.75, 3.05) is 39.2 Å². The molecular weight excluding hydrogens is 278 g/mol. The molecule has 0 saturated heterocycles. The van der Waals surface area contributed by atoms with Crippen LogP contribution in [0.1, 0.15) is 23.2 Å². The minimum absolute atomic E-state index is 0.0999. The van der Waals surface area contributed by atoms with Crippen LogP contribution in [0.3, 0.4) is 0 Å². The van der Waals surface area contributed by atoms with Crippen molar-refractivity contribution in [1.82, 2.24) is 9.88 Å². The van der Waals surface area contributed by atoms with Gasteiger partial charge in [0, 0.05) is 33.4 Å². The van der Waals surface area contributed by atoms with Gasteiger partial charge in [-0.3, -0.25) is 4.79 Å². The van der Waals surface area contributed by atoms with Gasteiger partial charge < -0.3 is 15.0 Å². The Hall–Kier alpha value is -1.33. The molecule has 1 aromatic heterocycles. The van der Waals surface area contributed by atoms with Crippen LogP contribution in [0.2, 0.25) is 5.02 Å². The van der Waals surface area contributed by atoms with Gasteiger partial charge in [0.1, 0.15) is 5.82 Å². The Balaban J connectivity index is 1.83. The van der Waals surface area contributed by atoms with E-state index in [1.165, 1.54) is 19.0 Å². The molecule has 0 atom stereocenters. The van der Waals surface area contributed by atoms with Crippen LogP contribution < -0.4 is 5.32 Å². The average molecular weight is 298 g/mol. The number of nitrogens with one attached hydrogen (secondary N) is 1. The quantitative estimate of drug-likeness (QED) is 0.785. The fraction of sp³-hybridized carbons (Fsp3) is 0.571. The number of rotatable bonds is 7. The third-order valence-corrected chi connectivity index (χ3v) is 3.58. The number of carbonyl (C=O) groups is 1. The minimum Gasteiger partial charge on any atom is -0.379 e. The summed E-state index contributed by atoms with van der Waals surface area (Å²) in [5.74, 6) is 1.21. The zero-order valence-corrected chi connectivity index (χ0v) is 12.6. The second kappa shape index (κ2) is 6.90. The standard InChI is InChI=1S/C14H20ClN3O2/c1-16-13-12(15)7-11(8-17-13)14(19)18(2)5-6-20-9-10-3-4-10/h7-8,10H,3-6,9H2,1-2H3,(H,16,17). The van der Waals surface area contributed by atoms with Crippen LogP contribution >= 0.6 is 11.6 Å². The fourth-order valence-electron chi connectivity index (χ4n) is 1.80. The summed E-state index contributed by atoms with van der Waals surface area (Å²) < 4.78 is 5.53. The van der Waals surface area contributed by atoms with Crippen molar-refractivity contribution in [3.63, 3.8) is 0 Å². The molecule has 1 aliphatic carbocycles. The summed E-state index contributed by atoms with van der Waals surface area (Å²) >= 11 is 6.03. The number of ether oxygens (including phenoxy) is 1. The molecule has 0 bridgehead atoms. The summed E-state index contributed by atoms with van der Waals surface area (Å²) in [5.41, 5.74) is 0.485. The van der Waals surface area contributed by atoms with Crippen molar-refractivity contribution in [2.24, 2.45) is 5.92 Å². The van der Waals surface area contributed by atoms with E-state index in [-0.39, 0.29) is 5.91 Å². The minimum atomic E-state index is -0.0999. The van der Waals surface area contributed by atoms with Gasteiger partial charge in [0.25, 0.3) is 5.91 Å². The third-order valence-electron chi connectivity index (χ3n) is 3.29. The van der Waals surface area contributed by atoms with E-state index in [0.717, 1.165) is 12.5 Å². The first kappa shape index (κ1) is 15.1. The molecule has 0 aromatic carbocycles. The average Bonchev–Trinajstić information content (AvgIpc) is 3.26. The summed E-state index contributed by atoms with van der Waals surface area (Å²) in [6.45, 7) is 1.94. The van der Waals surface area contributed by atoms with Gasteiger partial charge in [-0.15, -0.1) is 0 Å². The van der Waals surface area contributed by atoms with Crippen LogP contribution in [0, 0.1) is 5.92 Å². The largest absolute Gasteiger partial charge is 0.379 e. The highest BCUT2D eigenvalue weighted by Crippen LogP contribution is 2.28. The van der Waals surface area contributed by atoms with E-state index < -0.39 is 0 Å². The molecule has 0 unspecified atom stereocenters. The number of hydrogen-bond acceptors (Lipinski definition) is 4. The second-order valence-electron chi connectivity index (χ2n) is 5.05. The van der Waals surface area contributed by atoms with Gasteiger partial charge in [-0.1, -0.05) is 11.6 Å². The van der Waals surface area contributed by atoms with Crippen molar-refractivity contribution in [1.29, 1.82) is 0 Å². The number of carbonyl (C=O) groups excluding carboxylic acids is 1. The molecule has 0 spiro atoms. The molecule has 1 saturated carbocycles. The molecule has 110 valence electrons. The molecule has 1 fully saturated rings. The maximum absolute atomic E-state index is 12.2. The summed E-state index contributed by atoms with van der Waals surface area (Å²) in [5, 5.41) is 3.30. The summed E-state index contributed by atoms with van der Waals surface area (Å²) in [4.78, 5) is 17.9. The summed E-state index contributed by atoms with van der Waals surface area (Å²) in [6, 6.07) is 1.63. The molecule has 1 aliphatic rings. The molecule has 1 amide bonds. The van der Waals surface area contributed by atoms with E-state index >= 15 is 0 Å². The third kappa shape index (κ3) is 4.08. The lowest BCUT2D eigenvalue weighted by Gasteiger charge is -2.17. The Kier molecular flexibility index (Phi) is 5.20. The number of amides is 1. The van der Waals surface area contributed by atoms with E-state index in [2.05, 4.69) is 10.3 Å². The van der Waals surface area contributed by atoms with Gasteiger partial charge >= 0.3 is 0 Å². The van der Waals surface area contributed by atoms with Crippen molar-refractivity contribution in [3.05, 3.63) is 22.8 Å². The molecule has 1 N–H and O–H groups in total. The topological polar surface area (TPSA) is 54.5 Å². The van der Waals surface area contributed by atoms with Gasteiger partial charge in [-0.05, 0) is 24.8 Å². The number of aromatic nitrogens is 1. The van der Waals surface area contributed by atoms with Gasteiger partial charge in [-0.25, -0.2) is 4.98 Å². The van der Waals surface area contributed by atoms with Crippen LogP contribution in [-0.2, 0) is 4.74 Å². The molecule has 5 nitrogen and oxygen atoms in total. The molecule has 1 aromatic rings. The Morgan fingerprint density at radius 1 is 1.60 bits per heavy atom. The lowest BCUT2D eigenvalue weighted by Crippen LogP contribution is -2.30. The monoisotopic (exact) mass is 297 g/mol. The van der Waals surface area contributed by atoms with E-state index in [1.54, 1.807) is 25.1 Å². The van der Waals surface area contributed by atoms with Gasteiger partial charge in [0.15, 0.2) is 0 Å². The van der Waals surface area contributed by atoms with Crippen LogP contribution in [0.4, 0.5) is 5.82 Å². The number of likely N-dealkylation sites (N-methyl/N-ethyl adjacent to an activating group) is 1. The Bertz CT molecular complexity index is 477. The fourth-order valence-corrected chi connectivity index (χ4v) is 2.06. The van der Waals surface area contributed by atoms with Crippen molar-refractivity contribution >= 4 is 23.3 Å². The van der Waals surface area contributed by atoms with Gasteiger partial charge in [-0.2, -0.15) is 0 Å². The predicted octanol–water partition coefficient (Wildman–Crippen LogP) is 2.28. The van der Waals surface area contributed by atoms with Crippen LogP contribution in [0.25, 0.3) is 0 Å². The highest BCUT2D eigenvalue weighted by molar-refractivity contribution is 6.33. The highest BCUT2D eigenvalue weighted by Gasteiger charge is 2.21. The zero-order valence-electron chi connectivity index (χ0n) is 11.9. The smallest absolute Gasteiger partial charge is 0.255 e. The van der Waals surface area contributed by atoms with E-state index in [4.69, 9.17) is 16.3 Å². The van der Waals surface area contributed by atoms with E-state index in [0.29, 0.717) is 29.6 Å². The summed E-state index contributed by atoms with van der Waals surface area (Å²) in [7, 11) is 3.49. The van der Waals surface area contributed by atoms with Crippen molar-refractivity contribution < 1.29 is 9.53 Å². The lowest BCUT2D eigenvalue weighted by atomic mass is 10.2.